The number of likely N-dealkylation sites (N-methyl/N-ethyl adjacent to an activating group) is 1. The fraction of sp³-hybridized carbons (Fsp3) is 0.800. The highest BCUT2D eigenvalue weighted by Gasteiger charge is 2.27. The highest BCUT2D eigenvalue weighted by molar-refractivity contribution is 7.45. The normalized spacial score (nSPS) is 14.2. The van der Waals surface area contributed by atoms with E-state index in [9.17, 15) is 19.0 Å². The number of unbranched alkanes of at least 4 members (excludes halogenated alkanes) is 30. The summed E-state index contributed by atoms with van der Waals surface area (Å²) in [7, 11) is 1.17. The fourth-order valence-electron chi connectivity index (χ4n) is 8.22. The standard InChI is InChI=1S/C60H111N2O7P/c1-7-10-13-16-19-22-25-28-29-30-31-32-33-35-38-41-44-47-50-53-60(64)69-58(51-48-45-42-39-36-27-24-21-18-15-12-9-3)57(56-68-70(65,66)67-55-54-62(4,5)6)61-59(63)52-49-46-43-40-37-34-26-23-20-17-14-11-8-2/h11,14,17,20,23,26,28-29,48,51,57-58H,7-10,12-13,15-16,18-19,21-22,24-25,27,30-47,49-50,52-56H2,1-6H3,(H-,61,63,65,66)/b14-11+,20-17+,26-23-,29-28+,51-48-. The zero-order valence-electron chi connectivity index (χ0n) is 46.5. The molecule has 9 nitrogen and oxygen atoms in total. The van der Waals surface area contributed by atoms with Gasteiger partial charge in [-0.2, -0.15) is 0 Å². The lowest BCUT2D eigenvalue weighted by Gasteiger charge is -2.30. The number of phosphoric ester groups is 1. The molecule has 0 aliphatic rings. The maximum atomic E-state index is 13.5. The van der Waals surface area contributed by atoms with Crippen molar-refractivity contribution in [3.8, 4) is 0 Å². The third-order valence-electron chi connectivity index (χ3n) is 12.7. The van der Waals surface area contributed by atoms with Gasteiger partial charge in [-0.15, -0.1) is 0 Å². The molecular formula is C60H111N2O7P. The summed E-state index contributed by atoms with van der Waals surface area (Å²) in [5.41, 5.74) is 0. The first kappa shape index (κ1) is 67.7. The van der Waals surface area contributed by atoms with Crippen LogP contribution in [0.3, 0.4) is 0 Å². The largest absolute Gasteiger partial charge is 0.756 e. The first-order chi connectivity index (χ1) is 33.9. The number of allylic oxidation sites excluding steroid dienone is 9. The third-order valence-corrected chi connectivity index (χ3v) is 13.7. The van der Waals surface area contributed by atoms with Crippen LogP contribution >= 0.6 is 7.82 Å². The molecule has 0 aromatic rings. The van der Waals surface area contributed by atoms with Crippen LogP contribution in [0, 0.1) is 0 Å². The molecule has 70 heavy (non-hydrogen) atoms. The molecule has 0 fully saturated rings. The van der Waals surface area contributed by atoms with Gasteiger partial charge in [-0.25, -0.2) is 0 Å². The minimum absolute atomic E-state index is 0.0281. The number of ether oxygens (including phenoxy) is 1. The molecule has 0 bridgehead atoms. The van der Waals surface area contributed by atoms with Crippen LogP contribution in [0.4, 0.5) is 0 Å². The molecule has 0 radical (unpaired) electrons. The Kier molecular flexibility index (Phi) is 48.6. The van der Waals surface area contributed by atoms with Crippen molar-refractivity contribution in [2.75, 3.05) is 40.9 Å². The molecule has 0 spiro atoms. The van der Waals surface area contributed by atoms with Gasteiger partial charge in [0.1, 0.15) is 19.3 Å². The van der Waals surface area contributed by atoms with Gasteiger partial charge < -0.3 is 28.5 Å². The lowest BCUT2D eigenvalue weighted by atomic mass is 10.0. The zero-order chi connectivity index (χ0) is 51.5. The van der Waals surface area contributed by atoms with Crippen molar-refractivity contribution in [3.05, 3.63) is 60.8 Å². The number of quaternary nitrogens is 1. The van der Waals surface area contributed by atoms with E-state index in [-0.39, 0.29) is 24.9 Å². The van der Waals surface area contributed by atoms with Crippen molar-refractivity contribution in [1.82, 2.24) is 5.32 Å². The van der Waals surface area contributed by atoms with Crippen molar-refractivity contribution >= 4 is 19.7 Å². The third kappa shape index (κ3) is 50.6. The highest BCUT2D eigenvalue weighted by Crippen LogP contribution is 2.38. The molecule has 3 atom stereocenters. The monoisotopic (exact) mass is 1000 g/mol. The van der Waals surface area contributed by atoms with Crippen LogP contribution in [-0.4, -0.2) is 69.4 Å². The maximum Gasteiger partial charge on any atom is 0.306 e. The summed E-state index contributed by atoms with van der Waals surface area (Å²) in [6.45, 7) is 6.69. The van der Waals surface area contributed by atoms with Crippen molar-refractivity contribution in [3.63, 3.8) is 0 Å². The van der Waals surface area contributed by atoms with E-state index >= 15 is 0 Å². The van der Waals surface area contributed by atoms with E-state index in [0.29, 0.717) is 23.9 Å². The van der Waals surface area contributed by atoms with Crippen molar-refractivity contribution in [2.24, 2.45) is 0 Å². The Morgan fingerprint density at radius 1 is 0.514 bits per heavy atom. The highest BCUT2D eigenvalue weighted by atomic mass is 31.2. The number of rotatable bonds is 52. The van der Waals surface area contributed by atoms with Gasteiger partial charge in [0.25, 0.3) is 7.82 Å². The van der Waals surface area contributed by atoms with Crippen LogP contribution in [0.2, 0.25) is 0 Å². The van der Waals surface area contributed by atoms with E-state index in [1.807, 2.05) is 39.4 Å². The Morgan fingerprint density at radius 2 is 0.929 bits per heavy atom. The number of amides is 1. The van der Waals surface area contributed by atoms with E-state index in [0.717, 1.165) is 77.0 Å². The number of nitrogens with one attached hydrogen (secondary N) is 1. The summed E-state index contributed by atoms with van der Waals surface area (Å²) >= 11 is 0. The summed E-state index contributed by atoms with van der Waals surface area (Å²) in [6.07, 6.45) is 61.9. The topological polar surface area (TPSA) is 114 Å². The minimum Gasteiger partial charge on any atom is -0.756 e. The van der Waals surface area contributed by atoms with Crippen LogP contribution in [-0.2, 0) is 27.9 Å². The van der Waals surface area contributed by atoms with Gasteiger partial charge in [-0.3, -0.25) is 14.2 Å². The molecule has 0 saturated heterocycles. The molecular weight excluding hydrogens is 892 g/mol. The number of phosphoric acid groups is 1. The zero-order valence-corrected chi connectivity index (χ0v) is 47.4. The van der Waals surface area contributed by atoms with Gasteiger partial charge in [0.15, 0.2) is 0 Å². The van der Waals surface area contributed by atoms with Gasteiger partial charge in [-0.05, 0) is 76.7 Å². The molecule has 408 valence electrons. The molecule has 1 amide bonds. The summed E-state index contributed by atoms with van der Waals surface area (Å²) in [6, 6.07) is -0.899. The average Bonchev–Trinajstić information content (AvgIpc) is 3.32. The number of nitrogens with zero attached hydrogens (tertiary/aromatic N) is 1. The predicted octanol–water partition coefficient (Wildman–Crippen LogP) is 16.9. The number of carbonyl (C=O) groups excluding carboxylic acids is 2. The van der Waals surface area contributed by atoms with E-state index in [1.54, 1.807) is 0 Å². The molecule has 1 N–H and O–H groups in total. The van der Waals surface area contributed by atoms with Crippen molar-refractivity contribution in [1.29, 1.82) is 0 Å². The Labute approximate surface area is 432 Å². The maximum absolute atomic E-state index is 13.5. The molecule has 0 aliphatic carbocycles. The molecule has 3 unspecified atom stereocenters. The average molecular weight is 1000 g/mol. The summed E-state index contributed by atoms with van der Waals surface area (Å²) in [4.78, 5) is 39.8. The number of hydrogen-bond acceptors (Lipinski definition) is 7. The van der Waals surface area contributed by atoms with Crippen LogP contribution in [0.5, 0.6) is 0 Å². The Morgan fingerprint density at radius 3 is 1.40 bits per heavy atom. The smallest absolute Gasteiger partial charge is 0.306 e. The van der Waals surface area contributed by atoms with E-state index < -0.39 is 26.6 Å². The second-order valence-electron chi connectivity index (χ2n) is 20.8. The number of carbonyl (C=O) groups is 2. The van der Waals surface area contributed by atoms with Crippen LogP contribution < -0.4 is 10.2 Å². The van der Waals surface area contributed by atoms with Gasteiger partial charge >= 0.3 is 5.97 Å². The quantitative estimate of drug-likeness (QED) is 0.0161. The second kappa shape index (κ2) is 50.3. The molecule has 10 heteroatoms. The minimum atomic E-state index is -4.70. The molecule has 0 rings (SSSR count). The van der Waals surface area contributed by atoms with E-state index in [4.69, 9.17) is 13.8 Å². The van der Waals surface area contributed by atoms with E-state index in [2.05, 4.69) is 68.6 Å². The lowest BCUT2D eigenvalue weighted by Crippen LogP contribution is -2.47. The summed E-state index contributed by atoms with van der Waals surface area (Å²) in [5.74, 6) is -0.565. The van der Waals surface area contributed by atoms with Gasteiger partial charge in [0.2, 0.25) is 5.91 Å². The predicted molar refractivity (Wildman–Crippen MR) is 298 cm³/mol. The summed E-state index contributed by atoms with van der Waals surface area (Å²) in [5, 5.41) is 3.01. The Hall–Kier alpha value is -2.29. The van der Waals surface area contributed by atoms with Gasteiger partial charge in [0.05, 0.1) is 33.8 Å². The van der Waals surface area contributed by atoms with Crippen LogP contribution in [0.1, 0.15) is 258 Å². The second-order valence-corrected chi connectivity index (χ2v) is 22.2. The number of hydrogen-bond donors (Lipinski definition) is 1. The molecule has 0 aromatic heterocycles. The Bertz CT molecular complexity index is 1390. The van der Waals surface area contributed by atoms with Crippen LogP contribution in [0.15, 0.2) is 60.8 Å². The van der Waals surface area contributed by atoms with Crippen LogP contribution in [0.25, 0.3) is 0 Å². The fourth-order valence-corrected chi connectivity index (χ4v) is 8.95. The molecule has 0 aromatic carbocycles. The lowest BCUT2D eigenvalue weighted by molar-refractivity contribution is -0.870. The SMILES string of the molecule is CC/C=C/C=C/C=C\CCCCCCCC(=O)NC(COP(=O)([O-])OCC[N+](C)(C)C)C(/C=C\CCCCCCCCCCCC)OC(=O)CCCCCCCCCCC/C=C/CCCCCCCC. The summed E-state index contributed by atoms with van der Waals surface area (Å²) < 4.78 is 30.2. The van der Waals surface area contributed by atoms with Crippen molar-refractivity contribution < 1.29 is 37.3 Å². The Balaban J connectivity index is 5.30. The van der Waals surface area contributed by atoms with E-state index in [1.165, 1.54) is 141 Å². The number of esters is 1. The van der Waals surface area contributed by atoms with Gasteiger partial charge in [0, 0.05) is 12.8 Å². The molecule has 0 saturated carbocycles. The molecule has 0 aliphatic heterocycles. The molecule has 0 heterocycles. The first-order valence-corrected chi connectivity index (χ1v) is 30.6. The first-order valence-electron chi connectivity index (χ1n) is 29.1. The van der Waals surface area contributed by atoms with Gasteiger partial charge in [-0.1, -0.05) is 230 Å². The van der Waals surface area contributed by atoms with Crippen molar-refractivity contribution in [2.45, 2.75) is 270 Å².